The number of anilines is 1. The Morgan fingerprint density at radius 3 is 2.37 bits per heavy atom. The van der Waals surface area contributed by atoms with Gasteiger partial charge in [0.1, 0.15) is 12.4 Å². The maximum absolute atomic E-state index is 12.2. The number of carbonyl (C=O) groups excluding carboxylic acids is 2. The van der Waals surface area contributed by atoms with Gasteiger partial charge in [0.25, 0.3) is 0 Å². The van der Waals surface area contributed by atoms with Gasteiger partial charge in [0, 0.05) is 24.6 Å². The van der Waals surface area contributed by atoms with Crippen LogP contribution in [0.15, 0.2) is 54.6 Å². The van der Waals surface area contributed by atoms with E-state index in [2.05, 4.69) is 24.5 Å². The average molecular weight is 409 g/mol. The van der Waals surface area contributed by atoms with E-state index in [0.717, 1.165) is 24.2 Å². The zero-order valence-corrected chi connectivity index (χ0v) is 17.9. The number of rotatable bonds is 8. The molecule has 30 heavy (non-hydrogen) atoms. The Morgan fingerprint density at radius 2 is 1.63 bits per heavy atom. The summed E-state index contributed by atoms with van der Waals surface area (Å²) in [6.07, 6.45) is 3.80. The Labute approximate surface area is 179 Å². The van der Waals surface area contributed by atoms with Gasteiger partial charge < -0.3 is 15.4 Å². The molecular formula is C25H32N2O3. The first kappa shape index (κ1) is 21.9. The van der Waals surface area contributed by atoms with Gasteiger partial charge in [0.2, 0.25) is 11.8 Å². The van der Waals surface area contributed by atoms with E-state index in [1.165, 1.54) is 6.42 Å². The van der Waals surface area contributed by atoms with Crippen LogP contribution in [-0.2, 0) is 16.2 Å². The van der Waals surface area contributed by atoms with Crippen molar-refractivity contribution >= 4 is 17.5 Å². The topological polar surface area (TPSA) is 67.4 Å². The van der Waals surface area contributed by atoms with E-state index < -0.39 is 0 Å². The fourth-order valence-electron chi connectivity index (χ4n) is 3.89. The Morgan fingerprint density at radius 1 is 0.933 bits per heavy atom. The molecule has 2 N–H and O–H groups in total. The highest BCUT2D eigenvalue weighted by atomic mass is 16.5. The van der Waals surface area contributed by atoms with Crippen LogP contribution in [0.3, 0.4) is 0 Å². The second-order valence-electron chi connectivity index (χ2n) is 8.29. The summed E-state index contributed by atoms with van der Waals surface area (Å²) >= 11 is 0. The van der Waals surface area contributed by atoms with Crippen molar-refractivity contribution in [3.63, 3.8) is 0 Å². The van der Waals surface area contributed by atoms with Gasteiger partial charge in [-0.05, 0) is 48.1 Å². The van der Waals surface area contributed by atoms with Gasteiger partial charge in [-0.2, -0.15) is 0 Å². The predicted molar refractivity (Wildman–Crippen MR) is 119 cm³/mol. The number of carbonyl (C=O) groups is 2. The first-order valence-corrected chi connectivity index (χ1v) is 10.9. The van der Waals surface area contributed by atoms with E-state index in [1.54, 1.807) is 0 Å². The van der Waals surface area contributed by atoms with E-state index in [4.69, 9.17) is 4.74 Å². The SMILES string of the molecule is C[C@H]1[C@H](C)CCC[C@@H]1NC(=O)CCC(=O)Nc1ccc(OCc2ccccc2)cc1. The van der Waals surface area contributed by atoms with Gasteiger partial charge in [-0.25, -0.2) is 0 Å². The minimum absolute atomic E-state index is 0.0410. The largest absolute Gasteiger partial charge is 0.489 e. The van der Waals surface area contributed by atoms with Crippen molar-refractivity contribution in [3.05, 3.63) is 60.2 Å². The van der Waals surface area contributed by atoms with E-state index in [1.807, 2.05) is 54.6 Å². The third-order valence-corrected chi connectivity index (χ3v) is 6.02. The molecule has 0 radical (unpaired) electrons. The molecule has 0 unspecified atom stereocenters. The third-order valence-electron chi connectivity index (χ3n) is 6.02. The van der Waals surface area contributed by atoms with Gasteiger partial charge in [0.05, 0.1) is 0 Å². The lowest BCUT2D eigenvalue weighted by atomic mass is 9.78. The normalized spacial score (nSPS) is 20.9. The van der Waals surface area contributed by atoms with Crippen molar-refractivity contribution in [1.82, 2.24) is 5.32 Å². The lowest BCUT2D eigenvalue weighted by Gasteiger charge is -2.34. The molecule has 5 heteroatoms. The molecule has 3 rings (SSSR count). The molecule has 0 aromatic heterocycles. The van der Waals surface area contributed by atoms with Crippen molar-refractivity contribution in [2.75, 3.05) is 5.32 Å². The standard InChI is InChI=1S/C25H32N2O3/c1-18-7-6-10-23(19(18)2)27-25(29)16-15-24(28)26-21-11-13-22(14-12-21)30-17-20-8-4-3-5-9-20/h3-5,8-9,11-14,18-19,23H,6-7,10,15-17H2,1-2H3,(H,26,28)(H,27,29)/t18-,19+,23+/m1/s1. The third kappa shape index (κ3) is 6.61. The molecule has 2 aromatic rings. The fraction of sp³-hybridized carbons (Fsp3) is 0.440. The molecule has 0 aliphatic heterocycles. The van der Waals surface area contributed by atoms with Crippen molar-refractivity contribution in [3.8, 4) is 5.75 Å². The maximum atomic E-state index is 12.2. The number of ether oxygens (including phenoxy) is 1. The van der Waals surface area contributed by atoms with Crippen LogP contribution in [0.5, 0.6) is 5.75 Å². The van der Waals surface area contributed by atoms with Crippen LogP contribution < -0.4 is 15.4 Å². The molecule has 2 amide bonds. The van der Waals surface area contributed by atoms with Crippen LogP contribution in [-0.4, -0.2) is 17.9 Å². The molecular weight excluding hydrogens is 376 g/mol. The van der Waals surface area contributed by atoms with Crippen LogP contribution in [0.1, 0.15) is 51.5 Å². The summed E-state index contributed by atoms with van der Waals surface area (Å²) in [5.41, 5.74) is 1.80. The monoisotopic (exact) mass is 408 g/mol. The lowest BCUT2D eigenvalue weighted by Crippen LogP contribution is -2.43. The number of hydrogen-bond acceptors (Lipinski definition) is 3. The van der Waals surface area contributed by atoms with Gasteiger partial charge in [-0.3, -0.25) is 9.59 Å². The minimum atomic E-state index is -0.159. The highest BCUT2D eigenvalue weighted by Gasteiger charge is 2.28. The molecule has 1 fully saturated rings. The molecule has 1 saturated carbocycles. The molecule has 0 spiro atoms. The molecule has 3 atom stereocenters. The summed E-state index contributed by atoms with van der Waals surface area (Å²) in [5.74, 6) is 1.66. The van der Waals surface area contributed by atoms with E-state index in [0.29, 0.717) is 24.1 Å². The van der Waals surface area contributed by atoms with Crippen LogP contribution >= 0.6 is 0 Å². The number of hydrogen-bond donors (Lipinski definition) is 2. The molecule has 0 saturated heterocycles. The quantitative estimate of drug-likeness (QED) is 0.651. The van der Waals surface area contributed by atoms with Gasteiger partial charge in [-0.1, -0.05) is 57.0 Å². The van der Waals surface area contributed by atoms with Crippen LogP contribution in [0, 0.1) is 11.8 Å². The Bertz CT molecular complexity index is 820. The second kappa shape index (κ2) is 10.8. The van der Waals surface area contributed by atoms with Crippen molar-refractivity contribution in [2.45, 2.75) is 58.6 Å². The first-order valence-electron chi connectivity index (χ1n) is 10.9. The molecule has 1 aliphatic rings. The Hall–Kier alpha value is -2.82. The molecule has 2 aromatic carbocycles. The molecule has 0 bridgehead atoms. The summed E-state index contributed by atoms with van der Waals surface area (Å²) in [4.78, 5) is 24.4. The number of amides is 2. The van der Waals surface area contributed by atoms with Crippen LogP contribution in [0.2, 0.25) is 0 Å². The molecule has 5 nitrogen and oxygen atoms in total. The zero-order chi connectivity index (χ0) is 21.3. The van der Waals surface area contributed by atoms with Gasteiger partial charge >= 0.3 is 0 Å². The zero-order valence-electron chi connectivity index (χ0n) is 17.9. The maximum Gasteiger partial charge on any atom is 0.224 e. The van der Waals surface area contributed by atoms with Crippen molar-refractivity contribution in [2.24, 2.45) is 11.8 Å². The Kier molecular flexibility index (Phi) is 7.89. The van der Waals surface area contributed by atoms with Crippen molar-refractivity contribution < 1.29 is 14.3 Å². The summed E-state index contributed by atoms with van der Waals surface area (Å²) in [6.45, 7) is 4.95. The summed E-state index contributed by atoms with van der Waals surface area (Å²) in [5, 5.41) is 5.96. The summed E-state index contributed by atoms with van der Waals surface area (Å²) < 4.78 is 5.75. The smallest absolute Gasteiger partial charge is 0.224 e. The van der Waals surface area contributed by atoms with Crippen molar-refractivity contribution in [1.29, 1.82) is 0 Å². The minimum Gasteiger partial charge on any atom is -0.489 e. The number of benzene rings is 2. The van der Waals surface area contributed by atoms with E-state index in [9.17, 15) is 9.59 Å². The average Bonchev–Trinajstić information content (AvgIpc) is 2.76. The van der Waals surface area contributed by atoms with Crippen LogP contribution in [0.25, 0.3) is 0 Å². The Balaban J connectivity index is 1.38. The molecule has 1 aliphatic carbocycles. The predicted octanol–water partition coefficient (Wildman–Crippen LogP) is 4.93. The van der Waals surface area contributed by atoms with E-state index >= 15 is 0 Å². The van der Waals surface area contributed by atoms with E-state index in [-0.39, 0.29) is 30.7 Å². The second-order valence-corrected chi connectivity index (χ2v) is 8.29. The molecule has 0 heterocycles. The molecule has 160 valence electrons. The van der Waals surface area contributed by atoms with Gasteiger partial charge in [0.15, 0.2) is 0 Å². The lowest BCUT2D eigenvalue weighted by molar-refractivity contribution is -0.125. The van der Waals surface area contributed by atoms with Crippen LogP contribution in [0.4, 0.5) is 5.69 Å². The summed E-state index contributed by atoms with van der Waals surface area (Å²) in [6, 6.07) is 17.5. The fourth-order valence-corrected chi connectivity index (χ4v) is 3.89. The first-order chi connectivity index (χ1) is 14.5. The number of nitrogens with one attached hydrogen (secondary N) is 2. The summed E-state index contributed by atoms with van der Waals surface area (Å²) in [7, 11) is 0. The highest BCUT2D eigenvalue weighted by Crippen LogP contribution is 2.29. The van der Waals surface area contributed by atoms with Gasteiger partial charge in [-0.15, -0.1) is 0 Å². The highest BCUT2D eigenvalue weighted by molar-refractivity contribution is 5.93.